The maximum absolute atomic E-state index is 12.5. The summed E-state index contributed by atoms with van der Waals surface area (Å²) in [5, 5.41) is 3.41. The molecule has 1 unspecified atom stereocenters. The van der Waals surface area contributed by atoms with Gasteiger partial charge in [0.15, 0.2) is 0 Å². The topological polar surface area (TPSA) is 65.2 Å². The van der Waals surface area contributed by atoms with Crippen molar-refractivity contribution >= 4 is 5.91 Å². The van der Waals surface area contributed by atoms with Crippen molar-refractivity contribution in [2.45, 2.75) is 38.8 Å². The third kappa shape index (κ3) is 3.44. The molecule has 1 saturated heterocycles. The van der Waals surface area contributed by atoms with Crippen molar-refractivity contribution in [2.24, 2.45) is 0 Å². The third-order valence-corrected chi connectivity index (χ3v) is 3.49. The highest BCUT2D eigenvalue weighted by Gasteiger charge is 2.24. The van der Waals surface area contributed by atoms with E-state index in [0.717, 1.165) is 19.5 Å². The van der Waals surface area contributed by atoms with Crippen LogP contribution in [0.1, 0.15) is 37.0 Å². The lowest BCUT2D eigenvalue weighted by molar-refractivity contribution is 0.0688. The number of pyridine rings is 1. The van der Waals surface area contributed by atoms with Crippen molar-refractivity contribution < 1.29 is 4.79 Å². The molecule has 0 radical (unpaired) electrons. The highest BCUT2D eigenvalue weighted by molar-refractivity contribution is 5.94. The molecule has 1 aromatic rings. The molecule has 0 aromatic carbocycles. The normalized spacial score (nSPS) is 18.8. The number of aromatic nitrogens is 1. The minimum Gasteiger partial charge on any atom is -0.335 e. The zero-order valence-electron chi connectivity index (χ0n) is 11.5. The maximum atomic E-state index is 12.5. The SMILES string of the molecule is CC(C)N(CC1CCCN1)C(=O)c1ccc(=O)[nH]c1. The molecule has 1 fully saturated rings. The lowest BCUT2D eigenvalue weighted by Crippen LogP contribution is -2.44. The Kier molecular flexibility index (Phi) is 4.37. The Morgan fingerprint density at radius 3 is 2.79 bits per heavy atom. The summed E-state index contributed by atoms with van der Waals surface area (Å²) >= 11 is 0. The fraction of sp³-hybridized carbons (Fsp3) is 0.571. The van der Waals surface area contributed by atoms with Gasteiger partial charge in [0.25, 0.3) is 5.91 Å². The number of aromatic amines is 1. The molecule has 5 nitrogen and oxygen atoms in total. The number of carbonyl (C=O) groups excluding carboxylic acids is 1. The monoisotopic (exact) mass is 263 g/mol. The molecule has 0 bridgehead atoms. The van der Waals surface area contributed by atoms with E-state index in [1.807, 2.05) is 18.7 Å². The van der Waals surface area contributed by atoms with Gasteiger partial charge in [-0.05, 0) is 39.3 Å². The van der Waals surface area contributed by atoms with E-state index in [4.69, 9.17) is 0 Å². The van der Waals surface area contributed by atoms with Gasteiger partial charge in [-0.3, -0.25) is 9.59 Å². The molecular formula is C14H21N3O2. The van der Waals surface area contributed by atoms with E-state index >= 15 is 0 Å². The number of amides is 1. The van der Waals surface area contributed by atoms with E-state index in [2.05, 4.69) is 10.3 Å². The summed E-state index contributed by atoms with van der Waals surface area (Å²) in [5.41, 5.74) is 0.344. The second-order valence-corrected chi connectivity index (χ2v) is 5.29. The van der Waals surface area contributed by atoms with Gasteiger partial charge in [-0.25, -0.2) is 0 Å². The number of nitrogens with zero attached hydrogens (tertiary/aromatic N) is 1. The number of H-pyrrole nitrogens is 1. The summed E-state index contributed by atoms with van der Waals surface area (Å²) in [6.07, 6.45) is 3.77. The maximum Gasteiger partial charge on any atom is 0.255 e. The van der Waals surface area contributed by atoms with Crippen LogP contribution in [0.3, 0.4) is 0 Å². The summed E-state index contributed by atoms with van der Waals surface area (Å²) in [4.78, 5) is 27.9. The first-order chi connectivity index (χ1) is 9.08. The predicted octanol–water partition coefficient (Wildman–Crippen LogP) is 0.977. The molecule has 1 atom stereocenters. The van der Waals surface area contributed by atoms with Crippen LogP contribution in [0, 0.1) is 0 Å². The van der Waals surface area contributed by atoms with Gasteiger partial charge < -0.3 is 15.2 Å². The van der Waals surface area contributed by atoms with Gasteiger partial charge in [0.2, 0.25) is 5.56 Å². The zero-order chi connectivity index (χ0) is 13.8. The number of hydrogen-bond acceptors (Lipinski definition) is 3. The molecule has 0 saturated carbocycles. The van der Waals surface area contributed by atoms with E-state index in [0.29, 0.717) is 11.6 Å². The predicted molar refractivity (Wildman–Crippen MR) is 74.3 cm³/mol. The molecule has 19 heavy (non-hydrogen) atoms. The number of hydrogen-bond donors (Lipinski definition) is 2. The van der Waals surface area contributed by atoms with E-state index < -0.39 is 0 Å². The van der Waals surface area contributed by atoms with Crippen LogP contribution >= 0.6 is 0 Å². The highest BCUT2D eigenvalue weighted by atomic mass is 16.2. The number of rotatable bonds is 4. The van der Waals surface area contributed by atoms with Gasteiger partial charge in [-0.15, -0.1) is 0 Å². The average Bonchev–Trinajstić information content (AvgIpc) is 2.88. The minimum atomic E-state index is -0.190. The van der Waals surface area contributed by atoms with Gasteiger partial charge in [-0.2, -0.15) is 0 Å². The standard InChI is InChI=1S/C14H21N3O2/c1-10(2)17(9-12-4-3-7-15-12)14(19)11-5-6-13(18)16-8-11/h5-6,8,10,12,15H,3-4,7,9H2,1-2H3,(H,16,18). The first kappa shape index (κ1) is 13.8. The van der Waals surface area contributed by atoms with E-state index in [1.54, 1.807) is 6.07 Å². The molecule has 1 aliphatic rings. The van der Waals surface area contributed by atoms with Gasteiger partial charge in [0.05, 0.1) is 5.56 Å². The van der Waals surface area contributed by atoms with Crippen molar-refractivity contribution in [1.29, 1.82) is 0 Å². The Labute approximate surface area is 113 Å². The molecule has 2 rings (SSSR count). The van der Waals surface area contributed by atoms with E-state index in [-0.39, 0.29) is 17.5 Å². The van der Waals surface area contributed by atoms with Gasteiger partial charge >= 0.3 is 0 Å². The fourth-order valence-corrected chi connectivity index (χ4v) is 2.39. The molecule has 2 heterocycles. The Morgan fingerprint density at radius 1 is 1.47 bits per heavy atom. The number of carbonyl (C=O) groups is 1. The molecule has 0 spiro atoms. The second kappa shape index (κ2) is 6.02. The summed E-state index contributed by atoms with van der Waals surface area (Å²) in [5.74, 6) is -0.0278. The lowest BCUT2D eigenvalue weighted by atomic mass is 10.1. The molecule has 104 valence electrons. The summed E-state index contributed by atoms with van der Waals surface area (Å²) in [7, 11) is 0. The summed E-state index contributed by atoms with van der Waals surface area (Å²) in [6, 6.07) is 3.49. The highest BCUT2D eigenvalue weighted by Crippen LogP contribution is 2.12. The van der Waals surface area contributed by atoms with Crippen LogP contribution in [0.25, 0.3) is 0 Å². The Bertz CT molecular complexity index is 469. The molecule has 5 heteroatoms. The first-order valence-electron chi connectivity index (χ1n) is 6.81. The van der Waals surface area contributed by atoms with Crippen LogP contribution < -0.4 is 10.9 Å². The van der Waals surface area contributed by atoms with Crippen molar-refractivity contribution in [1.82, 2.24) is 15.2 Å². The van der Waals surface area contributed by atoms with E-state index in [9.17, 15) is 9.59 Å². The summed E-state index contributed by atoms with van der Waals surface area (Å²) in [6.45, 7) is 5.77. The largest absolute Gasteiger partial charge is 0.335 e. The lowest BCUT2D eigenvalue weighted by Gasteiger charge is -2.29. The second-order valence-electron chi connectivity index (χ2n) is 5.29. The fourth-order valence-electron chi connectivity index (χ4n) is 2.39. The third-order valence-electron chi connectivity index (χ3n) is 3.49. The summed E-state index contributed by atoms with van der Waals surface area (Å²) < 4.78 is 0. The Balaban J connectivity index is 2.11. The molecular weight excluding hydrogens is 242 g/mol. The Morgan fingerprint density at radius 2 is 2.26 bits per heavy atom. The van der Waals surface area contributed by atoms with Crippen LogP contribution in [0.5, 0.6) is 0 Å². The van der Waals surface area contributed by atoms with Crippen LogP contribution in [-0.4, -0.2) is 41.0 Å². The Hall–Kier alpha value is -1.62. The molecule has 2 N–H and O–H groups in total. The van der Waals surface area contributed by atoms with E-state index in [1.165, 1.54) is 18.7 Å². The van der Waals surface area contributed by atoms with Gasteiger partial charge in [-0.1, -0.05) is 0 Å². The van der Waals surface area contributed by atoms with Crippen LogP contribution in [0.15, 0.2) is 23.1 Å². The van der Waals surface area contributed by atoms with Crippen LogP contribution in [0.4, 0.5) is 0 Å². The molecule has 0 aliphatic carbocycles. The van der Waals surface area contributed by atoms with Crippen molar-refractivity contribution in [3.63, 3.8) is 0 Å². The first-order valence-corrected chi connectivity index (χ1v) is 6.81. The van der Waals surface area contributed by atoms with Crippen molar-refractivity contribution in [2.75, 3.05) is 13.1 Å². The molecule has 1 aromatic heterocycles. The number of nitrogens with one attached hydrogen (secondary N) is 2. The molecule has 1 amide bonds. The van der Waals surface area contributed by atoms with Crippen molar-refractivity contribution in [3.8, 4) is 0 Å². The molecule has 1 aliphatic heterocycles. The van der Waals surface area contributed by atoms with Crippen LogP contribution in [0.2, 0.25) is 0 Å². The van der Waals surface area contributed by atoms with Gasteiger partial charge in [0.1, 0.15) is 0 Å². The average molecular weight is 263 g/mol. The van der Waals surface area contributed by atoms with Gasteiger partial charge in [0, 0.05) is 30.9 Å². The zero-order valence-corrected chi connectivity index (χ0v) is 11.5. The quantitative estimate of drug-likeness (QED) is 0.851. The smallest absolute Gasteiger partial charge is 0.255 e. The van der Waals surface area contributed by atoms with Crippen molar-refractivity contribution in [3.05, 3.63) is 34.2 Å². The minimum absolute atomic E-state index is 0.0278. The van der Waals surface area contributed by atoms with Crippen LogP contribution in [-0.2, 0) is 0 Å².